The van der Waals surface area contributed by atoms with E-state index >= 15 is 0 Å². The molecule has 0 spiro atoms. The van der Waals surface area contributed by atoms with Crippen LogP contribution >= 0.6 is 0 Å². The van der Waals surface area contributed by atoms with Crippen LogP contribution in [0.25, 0.3) is 11.0 Å². The van der Waals surface area contributed by atoms with Gasteiger partial charge in [-0.05, 0) is 65.0 Å². The van der Waals surface area contributed by atoms with Gasteiger partial charge in [-0.2, -0.15) is 0 Å². The van der Waals surface area contributed by atoms with E-state index < -0.39 is 23.3 Å². The van der Waals surface area contributed by atoms with E-state index in [-0.39, 0.29) is 54.3 Å². The summed E-state index contributed by atoms with van der Waals surface area (Å²) in [5.41, 5.74) is 25.3. The Labute approximate surface area is 337 Å². The highest BCUT2D eigenvalue weighted by Gasteiger charge is 2.25. The molecule has 18 nitrogen and oxygen atoms in total. The lowest BCUT2D eigenvalue weighted by Crippen LogP contribution is -2.49. The average molecular weight is 802 g/mol. The maximum atomic E-state index is 13.3. The third-order valence-electron chi connectivity index (χ3n) is 8.62. The van der Waals surface area contributed by atoms with Crippen molar-refractivity contribution >= 4 is 57.9 Å². The fourth-order valence-electron chi connectivity index (χ4n) is 5.91. The maximum absolute atomic E-state index is 13.3. The van der Waals surface area contributed by atoms with Crippen LogP contribution in [0.5, 0.6) is 11.5 Å². The molecule has 0 saturated carbocycles. The molecule has 0 radical (unpaired) electrons. The summed E-state index contributed by atoms with van der Waals surface area (Å²) in [6.07, 6.45) is 8.68. The first-order chi connectivity index (χ1) is 27.5. The highest BCUT2D eigenvalue weighted by molar-refractivity contribution is 6.47. The van der Waals surface area contributed by atoms with Gasteiger partial charge in [-0.1, -0.05) is 24.3 Å². The standard InChI is InChI=1S/C40H55N11O7/c1-7-45-30(20-25(2)41)37(54)48-38-47-29-22-27(36(44)53)24-32(56-6)34(29)51(38)14-9-8-12-46-33-28(42)21-26(35(43)52)23-31(33)57-19-11-10-13-49-15-17-50(18-16-49)39(55)58-40(3,4)5/h8-11,20-24,46H,7,12-19,41-42H2,1-6H3,(H2,43,52)(H2,44,53)(H,47,48,54)/b9-8+,11-10+,25-20-,45-30?. The molecule has 18 heteroatoms. The number of imidazole rings is 1. The summed E-state index contributed by atoms with van der Waals surface area (Å²) in [6, 6.07) is 6.04. The number of nitrogens with zero attached hydrogens (tertiary/aromatic N) is 5. The number of rotatable bonds is 17. The molecule has 1 aliphatic rings. The number of aromatic nitrogens is 2. The number of benzene rings is 2. The number of primary amides is 2. The number of carbonyl (C=O) groups is 4. The minimum absolute atomic E-state index is 0.120. The number of methoxy groups -OCH3 is 1. The van der Waals surface area contributed by atoms with Gasteiger partial charge in [0.2, 0.25) is 17.8 Å². The third kappa shape index (κ3) is 12.2. The van der Waals surface area contributed by atoms with Crippen molar-refractivity contribution in [3.63, 3.8) is 0 Å². The van der Waals surface area contributed by atoms with Crippen molar-refractivity contribution in [2.45, 2.75) is 46.8 Å². The summed E-state index contributed by atoms with van der Waals surface area (Å²) < 4.78 is 18.9. The van der Waals surface area contributed by atoms with E-state index in [4.69, 9.17) is 37.1 Å². The van der Waals surface area contributed by atoms with Gasteiger partial charge in [0, 0.05) is 69.2 Å². The molecule has 2 aromatic carbocycles. The van der Waals surface area contributed by atoms with Crippen molar-refractivity contribution in [3.05, 3.63) is 71.5 Å². The Morgan fingerprint density at radius 1 is 0.914 bits per heavy atom. The number of anilines is 3. The first kappa shape index (κ1) is 44.2. The lowest BCUT2D eigenvalue weighted by molar-refractivity contribution is -0.110. The first-order valence-electron chi connectivity index (χ1n) is 18.8. The second-order valence-electron chi connectivity index (χ2n) is 14.4. The number of hydrogen-bond donors (Lipinski definition) is 6. The van der Waals surface area contributed by atoms with Crippen molar-refractivity contribution in [1.82, 2.24) is 19.4 Å². The molecule has 0 unspecified atom stereocenters. The molecule has 1 aliphatic heterocycles. The number of piperazine rings is 1. The average Bonchev–Trinajstić information content (AvgIpc) is 3.50. The minimum atomic E-state index is -0.665. The summed E-state index contributed by atoms with van der Waals surface area (Å²) in [4.78, 5) is 62.6. The molecule has 58 heavy (non-hydrogen) atoms. The van der Waals surface area contributed by atoms with Crippen LogP contribution < -0.4 is 43.0 Å². The summed E-state index contributed by atoms with van der Waals surface area (Å²) in [6.45, 7) is 13.3. The lowest BCUT2D eigenvalue weighted by atomic mass is 10.1. The molecule has 4 rings (SSSR count). The zero-order chi connectivity index (χ0) is 42.6. The summed E-state index contributed by atoms with van der Waals surface area (Å²) >= 11 is 0. The number of nitrogens with two attached hydrogens (primary N) is 4. The number of fused-ring (bicyclic) bond motifs is 1. The van der Waals surface area contributed by atoms with Crippen molar-refractivity contribution in [2.75, 3.05) is 75.9 Å². The molecular weight excluding hydrogens is 747 g/mol. The molecule has 0 bridgehead atoms. The number of aliphatic imine (C=N–C) groups is 1. The topological polar surface area (TPSA) is 261 Å². The fraction of sp³-hybridized carbons (Fsp3) is 0.400. The molecule has 0 aliphatic carbocycles. The maximum Gasteiger partial charge on any atom is 0.410 e. The van der Waals surface area contributed by atoms with Crippen LogP contribution in [0.1, 0.15) is 55.3 Å². The molecular formula is C40H55N11O7. The summed E-state index contributed by atoms with van der Waals surface area (Å²) in [5, 5.41) is 6.06. The Kier molecular flexibility index (Phi) is 15.3. The second kappa shape index (κ2) is 20.0. The van der Waals surface area contributed by atoms with E-state index in [2.05, 4.69) is 25.5 Å². The quantitative estimate of drug-likeness (QED) is 0.0653. The van der Waals surface area contributed by atoms with Crippen molar-refractivity contribution in [3.8, 4) is 11.5 Å². The van der Waals surface area contributed by atoms with Gasteiger partial charge in [0.05, 0.1) is 18.3 Å². The largest absolute Gasteiger partial charge is 0.494 e. The van der Waals surface area contributed by atoms with Gasteiger partial charge in [-0.25, -0.2) is 9.78 Å². The fourth-order valence-corrected chi connectivity index (χ4v) is 5.91. The molecule has 3 aromatic rings. The van der Waals surface area contributed by atoms with Crippen LogP contribution in [0.2, 0.25) is 0 Å². The van der Waals surface area contributed by atoms with Gasteiger partial charge in [-0.3, -0.25) is 29.6 Å². The number of amides is 4. The molecule has 1 aromatic heterocycles. The van der Waals surface area contributed by atoms with Crippen LogP contribution in [0.15, 0.2) is 65.3 Å². The normalized spacial score (nSPS) is 14.3. The lowest BCUT2D eigenvalue weighted by Gasteiger charge is -2.35. The Hall–Kier alpha value is -6.56. The number of carbonyl (C=O) groups excluding carboxylic acids is 4. The van der Waals surface area contributed by atoms with Crippen LogP contribution in [-0.2, 0) is 16.1 Å². The first-order valence-corrected chi connectivity index (χ1v) is 18.8. The highest BCUT2D eigenvalue weighted by atomic mass is 16.6. The predicted molar refractivity (Wildman–Crippen MR) is 225 cm³/mol. The van der Waals surface area contributed by atoms with Crippen molar-refractivity contribution in [1.29, 1.82) is 0 Å². The van der Waals surface area contributed by atoms with E-state index in [1.807, 2.05) is 45.1 Å². The molecule has 0 atom stereocenters. The number of ether oxygens (including phenoxy) is 3. The Bertz CT molecular complexity index is 2100. The Balaban J connectivity index is 1.46. The van der Waals surface area contributed by atoms with Crippen LogP contribution in [-0.4, -0.2) is 114 Å². The smallest absolute Gasteiger partial charge is 0.410 e. The Morgan fingerprint density at radius 2 is 1.57 bits per heavy atom. The summed E-state index contributed by atoms with van der Waals surface area (Å²) in [5.74, 6) is -1.02. The van der Waals surface area contributed by atoms with Crippen LogP contribution in [0.3, 0.4) is 0 Å². The number of nitrogens with one attached hydrogen (secondary N) is 2. The van der Waals surface area contributed by atoms with Crippen LogP contribution in [0, 0.1) is 0 Å². The van der Waals surface area contributed by atoms with E-state index in [1.54, 1.807) is 23.3 Å². The van der Waals surface area contributed by atoms with E-state index in [1.165, 1.54) is 37.5 Å². The van der Waals surface area contributed by atoms with Gasteiger partial charge in [-0.15, -0.1) is 0 Å². The molecule has 2 heterocycles. The molecule has 1 saturated heterocycles. The highest BCUT2D eigenvalue weighted by Crippen LogP contribution is 2.33. The van der Waals surface area contributed by atoms with Crippen molar-refractivity contribution < 1.29 is 33.4 Å². The number of hydrogen-bond acceptors (Lipinski definition) is 13. The van der Waals surface area contributed by atoms with Crippen LogP contribution in [0.4, 0.5) is 22.1 Å². The van der Waals surface area contributed by atoms with Gasteiger partial charge >= 0.3 is 6.09 Å². The SMILES string of the molecule is CCN=C(/C=C(/C)N)C(=O)Nc1nc2cc(C(N)=O)cc(OC)c2n1C/C=C/CNc1c(N)cc(C(N)=O)cc1OC/C=C/CN1CCN(C(=O)OC(C)(C)C)CC1. The Morgan fingerprint density at radius 3 is 2.19 bits per heavy atom. The number of nitrogen functional groups attached to an aromatic ring is 1. The van der Waals surface area contributed by atoms with Gasteiger partial charge < -0.3 is 51.9 Å². The predicted octanol–water partition coefficient (Wildman–Crippen LogP) is 3.24. The van der Waals surface area contributed by atoms with Gasteiger partial charge in [0.1, 0.15) is 40.6 Å². The second-order valence-corrected chi connectivity index (χ2v) is 14.4. The number of allylic oxidation sites excluding steroid dienone is 2. The minimum Gasteiger partial charge on any atom is -0.494 e. The van der Waals surface area contributed by atoms with E-state index in [0.717, 1.165) is 0 Å². The van der Waals surface area contributed by atoms with E-state index in [9.17, 15) is 19.2 Å². The van der Waals surface area contributed by atoms with Gasteiger partial charge in [0.25, 0.3) is 5.91 Å². The summed E-state index contributed by atoms with van der Waals surface area (Å²) in [7, 11) is 1.45. The zero-order valence-electron chi connectivity index (χ0n) is 34.0. The van der Waals surface area contributed by atoms with E-state index in [0.29, 0.717) is 73.2 Å². The third-order valence-corrected chi connectivity index (χ3v) is 8.62. The van der Waals surface area contributed by atoms with Gasteiger partial charge in [0.15, 0.2) is 0 Å². The molecule has 10 N–H and O–H groups in total. The monoisotopic (exact) mass is 801 g/mol. The van der Waals surface area contributed by atoms with Crippen molar-refractivity contribution in [2.24, 2.45) is 22.2 Å². The zero-order valence-corrected chi connectivity index (χ0v) is 34.0. The molecule has 312 valence electrons. The molecule has 1 fully saturated rings. The molecule has 4 amide bonds.